The van der Waals surface area contributed by atoms with Crippen LogP contribution < -0.4 is 10.0 Å². The topological polar surface area (TPSA) is 67.4 Å². The lowest BCUT2D eigenvalue weighted by molar-refractivity contribution is 0.141. The van der Waals surface area contributed by atoms with Gasteiger partial charge in [0.1, 0.15) is 0 Å². The van der Waals surface area contributed by atoms with Gasteiger partial charge >= 0.3 is 0 Å². The molecular weight excluding hydrogens is 228 g/mol. The van der Waals surface area contributed by atoms with Crippen LogP contribution in [0.4, 0.5) is 0 Å². The molecule has 0 aromatic carbocycles. The van der Waals surface area contributed by atoms with Gasteiger partial charge in [0.15, 0.2) is 0 Å². The minimum absolute atomic E-state index is 0.273. The highest BCUT2D eigenvalue weighted by Crippen LogP contribution is 2.15. The number of ether oxygens (including phenoxy) is 1. The van der Waals surface area contributed by atoms with Crippen molar-refractivity contribution in [1.29, 1.82) is 0 Å². The van der Waals surface area contributed by atoms with Crippen LogP contribution in [-0.4, -0.2) is 46.0 Å². The smallest absolute Gasteiger partial charge is 0.215 e. The van der Waals surface area contributed by atoms with Gasteiger partial charge in [-0.1, -0.05) is 0 Å². The van der Waals surface area contributed by atoms with Crippen molar-refractivity contribution in [2.75, 3.05) is 26.8 Å². The number of sulfonamides is 1. The van der Waals surface area contributed by atoms with Crippen LogP contribution in [0.2, 0.25) is 0 Å². The Hall–Kier alpha value is -0.170. The SMILES string of the molecule is COCC(C)(C)NS(=O)(=O)C1CCNCC1. The minimum atomic E-state index is -3.23. The van der Waals surface area contributed by atoms with Crippen molar-refractivity contribution in [3.8, 4) is 0 Å². The van der Waals surface area contributed by atoms with E-state index in [0.29, 0.717) is 19.4 Å². The average molecular weight is 250 g/mol. The van der Waals surface area contributed by atoms with Crippen LogP contribution in [0.5, 0.6) is 0 Å². The fraction of sp³-hybridized carbons (Fsp3) is 1.00. The Morgan fingerprint density at radius 3 is 2.44 bits per heavy atom. The minimum Gasteiger partial charge on any atom is -0.383 e. The van der Waals surface area contributed by atoms with Crippen LogP contribution in [0.15, 0.2) is 0 Å². The first-order valence-electron chi connectivity index (χ1n) is 5.60. The van der Waals surface area contributed by atoms with E-state index in [0.717, 1.165) is 13.1 Å². The molecule has 0 radical (unpaired) electrons. The average Bonchev–Trinajstić information content (AvgIpc) is 2.17. The number of piperidine rings is 1. The van der Waals surface area contributed by atoms with Crippen molar-refractivity contribution >= 4 is 10.0 Å². The van der Waals surface area contributed by atoms with Gasteiger partial charge in [0.2, 0.25) is 10.0 Å². The van der Waals surface area contributed by atoms with Crippen molar-refractivity contribution in [3.05, 3.63) is 0 Å². The summed E-state index contributed by atoms with van der Waals surface area (Å²) in [5.41, 5.74) is -0.543. The van der Waals surface area contributed by atoms with Gasteiger partial charge in [-0.3, -0.25) is 0 Å². The van der Waals surface area contributed by atoms with Crippen LogP contribution in [0, 0.1) is 0 Å². The first-order chi connectivity index (χ1) is 7.37. The van der Waals surface area contributed by atoms with Crippen molar-refractivity contribution in [2.45, 2.75) is 37.5 Å². The molecule has 16 heavy (non-hydrogen) atoms. The predicted molar refractivity (Wildman–Crippen MR) is 63.9 cm³/mol. The maximum Gasteiger partial charge on any atom is 0.215 e. The Morgan fingerprint density at radius 1 is 1.38 bits per heavy atom. The predicted octanol–water partition coefficient (Wildman–Crippen LogP) is 0.0828. The zero-order valence-electron chi connectivity index (χ0n) is 10.2. The third-order valence-corrected chi connectivity index (χ3v) is 4.83. The molecule has 0 unspecified atom stereocenters. The molecule has 0 atom stereocenters. The summed E-state index contributed by atoms with van der Waals surface area (Å²) >= 11 is 0. The maximum absolute atomic E-state index is 12.1. The monoisotopic (exact) mass is 250 g/mol. The van der Waals surface area contributed by atoms with Gasteiger partial charge in [-0.2, -0.15) is 0 Å². The Bertz CT molecular complexity index is 308. The number of nitrogens with one attached hydrogen (secondary N) is 2. The van der Waals surface area contributed by atoms with E-state index in [2.05, 4.69) is 10.0 Å². The fourth-order valence-electron chi connectivity index (χ4n) is 1.96. The molecule has 96 valence electrons. The van der Waals surface area contributed by atoms with Crippen LogP contribution in [0.3, 0.4) is 0 Å². The second-order valence-corrected chi connectivity index (χ2v) is 6.87. The first kappa shape index (κ1) is 13.9. The molecule has 1 fully saturated rings. The molecule has 0 bridgehead atoms. The summed E-state index contributed by atoms with van der Waals surface area (Å²) in [6, 6.07) is 0. The van der Waals surface area contributed by atoms with E-state index in [9.17, 15) is 8.42 Å². The Labute approximate surface area is 98.0 Å². The van der Waals surface area contributed by atoms with Crippen molar-refractivity contribution in [1.82, 2.24) is 10.0 Å². The molecule has 0 aromatic heterocycles. The highest BCUT2D eigenvalue weighted by Gasteiger charge is 2.32. The van der Waals surface area contributed by atoms with Gasteiger partial charge in [-0.25, -0.2) is 13.1 Å². The van der Waals surface area contributed by atoms with Crippen LogP contribution in [0.25, 0.3) is 0 Å². The molecule has 0 spiro atoms. The zero-order valence-corrected chi connectivity index (χ0v) is 11.1. The molecule has 0 amide bonds. The summed E-state index contributed by atoms with van der Waals surface area (Å²) in [5, 5.41) is 2.88. The Morgan fingerprint density at radius 2 is 1.94 bits per heavy atom. The second-order valence-electron chi connectivity index (χ2n) is 4.91. The molecule has 1 aliphatic heterocycles. The van der Waals surface area contributed by atoms with E-state index < -0.39 is 15.6 Å². The number of rotatable bonds is 5. The highest BCUT2D eigenvalue weighted by molar-refractivity contribution is 7.90. The van der Waals surface area contributed by atoms with Gasteiger partial charge < -0.3 is 10.1 Å². The Kier molecular flexibility index (Phi) is 4.73. The standard InChI is InChI=1S/C10H22N2O3S/c1-10(2,8-15-3)12-16(13,14)9-4-6-11-7-5-9/h9,11-12H,4-8H2,1-3H3. The number of hydrogen-bond donors (Lipinski definition) is 2. The lowest BCUT2D eigenvalue weighted by atomic mass is 10.1. The highest BCUT2D eigenvalue weighted by atomic mass is 32.2. The zero-order chi connectivity index (χ0) is 12.2. The van der Waals surface area contributed by atoms with E-state index >= 15 is 0 Å². The summed E-state index contributed by atoms with van der Waals surface area (Å²) < 4.78 is 31.9. The summed E-state index contributed by atoms with van der Waals surface area (Å²) in [7, 11) is -1.66. The number of methoxy groups -OCH3 is 1. The van der Waals surface area contributed by atoms with E-state index in [1.807, 2.05) is 13.8 Å². The van der Waals surface area contributed by atoms with Crippen molar-refractivity contribution in [2.24, 2.45) is 0 Å². The molecule has 0 saturated carbocycles. The molecule has 5 nitrogen and oxygen atoms in total. The quantitative estimate of drug-likeness (QED) is 0.725. The molecule has 0 aliphatic carbocycles. The number of hydrogen-bond acceptors (Lipinski definition) is 4. The molecule has 0 aromatic rings. The first-order valence-corrected chi connectivity index (χ1v) is 7.14. The van der Waals surface area contributed by atoms with E-state index in [4.69, 9.17) is 4.74 Å². The van der Waals surface area contributed by atoms with Gasteiger partial charge in [0.25, 0.3) is 0 Å². The molecule has 1 aliphatic rings. The molecule has 1 saturated heterocycles. The normalized spacial score (nSPS) is 19.9. The van der Waals surface area contributed by atoms with E-state index in [1.165, 1.54) is 0 Å². The van der Waals surface area contributed by atoms with E-state index in [-0.39, 0.29) is 5.25 Å². The largest absolute Gasteiger partial charge is 0.383 e. The lowest BCUT2D eigenvalue weighted by Crippen LogP contribution is -2.51. The third-order valence-electron chi connectivity index (χ3n) is 2.65. The molecule has 1 rings (SSSR count). The summed E-state index contributed by atoms with van der Waals surface area (Å²) in [6.45, 7) is 5.58. The third kappa shape index (κ3) is 4.01. The summed E-state index contributed by atoms with van der Waals surface area (Å²) in [6.07, 6.45) is 1.36. The van der Waals surface area contributed by atoms with Gasteiger partial charge in [0, 0.05) is 7.11 Å². The lowest BCUT2D eigenvalue weighted by Gasteiger charge is -2.30. The molecule has 1 heterocycles. The summed E-state index contributed by atoms with van der Waals surface area (Å²) in [4.78, 5) is 0. The van der Waals surface area contributed by atoms with Gasteiger partial charge in [0.05, 0.1) is 17.4 Å². The van der Waals surface area contributed by atoms with Gasteiger partial charge in [-0.05, 0) is 39.8 Å². The van der Waals surface area contributed by atoms with E-state index in [1.54, 1.807) is 7.11 Å². The summed E-state index contributed by atoms with van der Waals surface area (Å²) in [5.74, 6) is 0. The fourth-order valence-corrected chi connectivity index (χ4v) is 3.82. The molecule has 6 heteroatoms. The second kappa shape index (κ2) is 5.44. The molecule has 2 N–H and O–H groups in total. The van der Waals surface area contributed by atoms with Crippen LogP contribution in [-0.2, 0) is 14.8 Å². The van der Waals surface area contributed by atoms with Crippen LogP contribution in [0.1, 0.15) is 26.7 Å². The van der Waals surface area contributed by atoms with Crippen molar-refractivity contribution in [3.63, 3.8) is 0 Å². The Balaban J connectivity index is 2.63. The van der Waals surface area contributed by atoms with Gasteiger partial charge in [-0.15, -0.1) is 0 Å². The molecular formula is C10H22N2O3S. The maximum atomic E-state index is 12.1. The van der Waals surface area contributed by atoms with Crippen LogP contribution >= 0.6 is 0 Å². The van der Waals surface area contributed by atoms with Crippen molar-refractivity contribution < 1.29 is 13.2 Å².